The molecule has 0 heterocycles. The van der Waals surface area contributed by atoms with Gasteiger partial charge in [0, 0.05) is 17.2 Å². The third-order valence-corrected chi connectivity index (χ3v) is 8.01. The molecule has 40 heavy (non-hydrogen) atoms. The van der Waals surface area contributed by atoms with Gasteiger partial charge in [-0.05, 0) is 59.1 Å². The molecule has 0 saturated heterocycles. The van der Waals surface area contributed by atoms with Gasteiger partial charge in [-0.1, -0.05) is 85.7 Å². The number of hydrogen-bond acceptors (Lipinski definition) is 6. The van der Waals surface area contributed by atoms with E-state index in [1.807, 2.05) is 67.5 Å². The molecule has 0 aliphatic heterocycles. The molecule has 2 N–H and O–H groups in total. The van der Waals surface area contributed by atoms with Crippen LogP contribution in [0.2, 0.25) is 0 Å². The topological polar surface area (TPSA) is 112 Å². The highest BCUT2D eigenvalue weighted by molar-refractivity contribution is 7.48. The molecule has 0 aliphatic rings. The Balaban J connectivity index is 1.81. The summed E-state index contributed by atoms with van der Waals surface area (Å²) in [6.45, 7) is 16.1. The fourth-order valence-electron chi connectivity index (χ4n) is 4.66. The van der Waals surface area contributed by atoms with Crippen LogP contribution in [0.15, 0.2) is 60.7 Å². The minimum atomic E-state index is -4.63. The fraction of sp³-hybridized carbons (Fsp3) is 0.400. The summed E-state index contributed by atoms with van der Waals surface area (Å²) in [5.41, 5.74) is 3.68. The highest BCUT2D eigenvalue weighted by Crippen LogP contribution is 2.50. The molecule has 3 aromatic carbocycles. The van der Waals surface area contributed by atoms with E-state index < -0.39 is 15.6 Å². The summed E-state index contributed by atoms with van der Waals surface area (Å²) in [4.78, 5) is 21.1. The maximum absolute atomic E-state index is 13.0. The Morgan fingerprint density at radius 2 is 0.875 bits per heavy atom. The predicted octanol–water partition coefficient (Wildman–Crippen LogP) is 9.30. The molecule has 0 fully saturated rings. The molecule has 218 valence electrons. The van der Waals surface area contributed by atoms with Crippen LogP contribution in [-0.4, -0.2) is 9.79 Å². The summed E-state index contributed by atoms with van der Waals surface area (Å²) in [6, 6.07) is 16.3. The van der Waals surface area contributed by atoms with Crippen molar-refractivity contribution in [2.75, 3.05) is 0 Å². The van der Waals surface area contributed by atoms with Gasteiger partial charge in [0.1, 0.15) is 23.0 Å². The first kappa shape index (κ1) is 31.8. The van der Waals surface area contributed by atoms with E-state index in [0.717, 1.165) is 22.3 Å². The lowest BCUT2D eigenvalue weighted by molar-refractivity contribution is 0.286. The first-order valence-electron chi connectivity index (χ1n) is 13.4. The van der Waals surface area contributed by atoms with Gasteiger partial charge >= 0.3 is 15.6 Å². The van der Waals surface area contributed by atoms with E-state index in [-0.39, 0.29) is 46.7 Å². The molecule has 2 atom stereocenters. The summed E-state index contributed by atoms with van der Waals surface area (Å²) >= 11 is 0. The van der Waals surface area contributed by atoms with Gasteiger partial charge in [-0.25, -0.2) is 9.13 Å². The van der Waals surface area contributed by atoms with Gasteiger partial charge in [0.2, 0.25) is 0 Å². The molecule has 0 radical (unpaired) electrons. The quantitative estimate of drug-likeness (QED) is 0.201. The van der Waals surface area contributed by atoms with Crippen molar-refractivity contribution in [3.8, 4) is 23.0 Å². The monoisotopic (exact) mass is 590 g/mol. The Labute approximate surface area is 237 Å². The number of hydrogen-bond donors (Lipinski definition) is 2. The molecule has 2 unspecified atom stereocenters. The summed E-state index contributed by atoms with van der Waals surface area (Å²) in [6.07, 6.45) is 0. The minimum absolute atomic E-state index is 0.0430. The lowest BCUT2D eigenvalue weighted by atomic mass is 9.90. The van der Waals surface area contributed by atoms with Crippen LogP contribution in [-0.2, 0) is 9.13 Å². The highest BCUT2D eigenvalue weighted by Gasteiger charge is 2.30. The van der Waals surface area contributed by atoms with Crippen LogP contribution >= 0.6 is 15.6 Å². The molecule has 8 nitrogen and oxygen atoms in total. The molecule has 3 aromatic rings. The second kappa shape index (κ2) is 12.8. The minimum Gasteiger partial charge on any atom is -0.395 e. The van der Waals surface area contributed by atoms with Gasteiger partial charge in [0.05, 0.1) is 0 Å². The number of rotatable bonds is 12. The maximum Gasteiger partial charge on any atom is 0.584 e. The van der Waals surface area contributed by atoms with E-state index in [4.69, 9.17) is 18.1 Å². The van der Waals surface area contributed by atoms with Gasteiger partial charge in [0.15, 0.2) is 0 Å². The molecule has 0 spiro atoms. The normalized spacial score (nSPS) is 14.8. The lowest BCUT2D eigenvalue weighted by Crippen LogP contribution is -2.06. The van der Waals surface area contributed by atoms with Gasteiger partial charge in [0.25, 0.3) is 0 Å². The van der Waals surface area contributed by atoms with Crippen LogP contribution in [0.1, 0.15) is 101 Å². The van der Waals surface area contributed by atoms with Crippen molar-refractivity contribution in [2.24, 2.45) is 0 Å². The Morgan fingerprint density at radius 1 is 0.525 bits per heavy atom. The molecular weight excluding hydrogens is 550 g/mol. The van der Waals surface area contributed by atoms with E-state index in [2.05, 4.69) is 0 Å². The van der Waals surface area contributed by atoms with Crippen LogP contribution in [0.25, 0.3) is 0 Å². The number of benzene rings is 3. The molecule has 3 rings (SSSR count). The number of phosphoric acid groups is 2. The Kier molecular flexibility index (Phi) is 10.2. The zero-order chi connectivity index (χ0) is 29.8. The van der Waals surface area contributed by atoms with Crippen molar-refractivity contribution in [3.05, 3.63) is 82.9 Å². The van der Waals surface area contributed by atoms with Crippen molar-refractivity contribution >= 4 is 15.6 Å². The first-order chi connectivity index (χ1) is 18.6. The van der Waals surface area contributed by atoms with Crippen molar-refractivity contribution in [3.63, 3.8) is 0 Å². The average Bonchev–Trinajstić information content (AvgIpc) is 2.82. The van der Waals surface area contributed by atoms with Gasteiger partial charge in [-0.15, -0.1) is 0 Å². The van der Waals surface area contributed by atoms with Crippen LogP contribution in [0.3, 0.4) is 0 Å². The van der Waals surface area contributed by atoms with E-state index in [0.29, 0.717) is 0 Å². The van der Waals surface area contributed by atoms with Crippen LogP contribution in [0, 0.1) is 0 Å². The molecule has 0 aromatic heterocycles. The lowest BCUT2D eigenvalue weighted by Gasteiger charge is -2.22. The van der Waals surface area contributed by atoms with Crippen LogP contribution in [0.4, 0.5) is 0 Å². The number of phosphoric ester groups is 2. The van der Waals surface area contributed by atoms with Crippen molar-refractivity contribution in [2.45, 2.75) is 79.1 Å². The van der Waals surface area contributed by atoms with E-state index in [1.54, 1.807) is 24.3 Å². The van der Waals surface area contributed by atoms with Crippen LogP contribution < -0.4 is 18.1 Å². The average molecular weight is 591 g/mol. The van der Waals surface area contributed by atoms with Gasteiger partial charge in [-0.3, -0.25) is 9.79 Å². The first-order valence-corrected chi connectivity index (χ1v) is 16.4. The smallest absolute Gasteiger partial charge is 0.395 e. The van der Waals surface area contributed by atoms with Crippen molar-refractivity contribution in [1.29, 1.82) is 0 Å². The van der Waals surface area contributed by atoms with Crippen molar-refractivity contribution in [1.82, 2.24) is 0 Å². The third-order valence-electron chi connectivity index (χ3n) is 6.27. The second-order valence-corrected chi connectivity index (χ2v) is 13.5. The van der Waals surface area contributed by atoms with E-state index in [1.165, 1.54) is 24.3 Å². The third kappa shape index (κ3) is 8.14. The zero-order valence-electron chi connectivity index (χ0n) is 24.3. The van der Waals surface area contributed by atoms with E-state index >= 15 is 0 Å². The summed E-state index contributed by atoms with van der Waals surface area (Å²) in [5.74, 6) is 0.819. The Morgan fingerprint density at radius 3 is 1.20 bits per heavy atom. The Hall–Kier alpha value is -2.76. The molecule has 10 heteroatoms. The highest BCUT2D eigenvalue weighted by atomic mass is 31.2. The maximum atomic E-state index is 13.0. The van der Waals surface area contributed by atoms with Crippen LogP contribution in [0.5, 0.6) is 23.0 Å². The molecule has 0 bridgehead atoms. The summed E-state index contributed by atoms with van der Waals surface area (Å²) in [5, 5.41) is 0. The second-order valence-electron chi connectivity index (χ2n) is 10.9. The van der Waals surface area contributed by atoms with Crippen molar-refractivity contribution < 1.29 is 37.0 Å². The summed E-state index contributed by atoms with van der Waals surface area (Å²) < 4.78 is 47.5. The van der Waals surface area contributed by atoms with E-state index in [9.17, 15) is 18.9 Å². The van der Waals surface area contributed by atoms with Gasteiger partial charge < -0.3 is 18.1 Å². The predicted molar refractivity (Wildman–Crippen MR) is 158 cm³/mol. The Bertz CT molecular complexity index is 1310. The van der Waals surface area contributed by atoms with Gasteiger partial charge in [-0.2, -0.15) is 0 Å². The molecule has 0 aliphatic carbocycles. The molecule has 0 saturated carbocycles. The molecular formula is C30H40O8P2. The summed E-state index contributed by atoms with van der Waals surface area (Å²) in [7, 11) is -9.26. The SMILES string of the molecule is CC(C)c1cccc(OP(=O)(O)Oc2cccc(OP(=O)(O)Oc3cccc(C(C)C)c3C(C)C)c2)c1C(C)C. The fourth-order valence-corrected chi connectivity index (χ4v) is 6.31. The standard InChI is InChI=1S/C30H40O8P2/c1-19(2)25-14-10-16-27(29(25)21(5)6)37-39(31,32)35-23-12-9-13-24(18-23)36-40(33,34)38-28-17-11-15-26(20(3)4)30(28)22(7)8/h9-22H,1-8H3,(H,31,32)(H,33,34). The molecule has 0 amide bonds. The largest absolute Gasteiger partial charge is 0.584 e. The zero-order valence-corrected chi connectivity index (χ0v) is 26.1.